The van der Waals surface area contributed by atoms with E-state index >= 15 is 0 Å². The molecule has 4 heteroatoms. The quantitative estimate of drug-likeness (QED) is 0.855. The maximum Gasteiger partial charge on any atom is 0.0991 e. The number of likely N-dealkylation sites (tertiary alicyclic amines) is 1. The van der Waals surface area contributed by atoms with Crippen molar-refractivity contribution in [3.05, 3.63) is 29.8 Å². The van der Waals surface area contributed by atoms with Gasteiger partial charge in [-0.05, 0) is 57.0 Å². The van der Waals surface area contributed by atoms with Crippen molar-refractivity contribution >= 4 is 5.69 Å². The smallest absolute Gasteiger partial charge is 0.0991 e. The first-order valence-corrected chi connectivity index (χ1v) is 8.87. The lowest BCUT2D eigenvalue weighted by molar-refractivity contribution is 0.206. The highest BCUT2D eigenvalue weighted by Crippen LogP contribution is 2.21. The molecule has 0 unspecified atom stereocenters. The molecule has 124 valence electrons. The van der Waals surface area contributed by atoms with Crippen LogP contribution in [0.25, 0.3) is 0 Å². The second kappa shape index (κ2) is 7.33. The second-order valence-corrected chi connectivity index (χ2v) is 7.19. The summed E-state index contributed by atoms with van der Waals surface area (Å²) in [5.74, 6) is 0.846. The van der Waals surface area contributed by atoms with E-state index in [0.717, 1.165) is 37.7 Å². The van der Waals surface area contributed by atoms with Crippen molar-refractivity contribution in [3.63, 3.8) is 0 Å². The number of piperazine rings is 1. The van der Waals surface area contributed by atoms with E-state index in [4.69, 9.17) is 5.26 Å². The summed E-state index contributed by atoms with van der Waals surface area (Å²) in [6.45, 7) is 12.9. The lowest BCUT2D eigenvalue weighted by atomic mass is 10.1. The first-order valence-electron chi connectivity index (χ1n) is 8.87. The highest BCUT2D eigenvalue weighted by atomic mass is 15.3. The van der Waals surface area contributed by atoms with Gasteiger partial charge < -0.3 is 9.80 Å². The molecule has 4 nitrogen and oxygen atoms in total. The number of anilines is 1. The molecule has 0 aromatic heterocycles. The van der Waals surface area contributed by atoms with Gasteiger partial charge in [0.1, 0.15) is 0 Å². The standard InChI is InChI=1S/C19H28N4/c1-16(2)23-8-7-18(15-23)14-21-9-11-22(12-10-21)19-5-3-17(13-20)4-6-19/h3-6,16,18H,7-12,14-15H2,1-2H3/t18-/m0/s1. The average molecular weight is 312 g/mol. The fraction of sp³-hybridized carbons (Fsp3) is 0.632. The molecule has 2 saturated heterocycles. The molecule has 0 aliphatic carbocycles. The molecular weight excluding hydrogens is 284 g/mol. The largest absolute Gasteiger partial charge is 0.369 e. The zero-order chi connectivity index (χ0) is 16.2. The molecule has 2 aliphatic heterocycles. The molecule has 0 saturated carbocycles. The van der Waals surface area contributed by atoms with Gasteiger partial charge in [0.05, 0.1) is 11.6 Å². The van der Waals surface area contributed by atoms with Crippen LogP contribution in [0.1, 0.15) is 25.8 Å². The van der Waals surface area contributed by atoms with Gasteiger partial charge in [-0.3, -0.25) is 4.90 Å². The summed E-state index contributed by atoms with van der Waals surface area (Å²) in [6.07, 6.45) is 1.36. The highest BCUT2D eigenvalue weighted by Gasteiger charge is 2.27. The third-order valence-corrected chi connectivity index (χ3v) is 5.30. The molecule has 0 amide bonds. The van der Waals surface area contributed by atoms with Gasteiger partial charge in [-0.1, -0.05) is 0 Å². The first-order chi connectivity index (χ1) is 11.2. The summed E-state index contributed by atoms with van der Waals surface area (Å²) in [7, 11) is 0. The first kappa shape index (κ1) is 16.3. The molecule has 0 radical (unpaired) electrons. The lowest BCUT2D eigenvalue weighted by Gasteiger charge is -2.37. The minimum Gasteiger partial charge on any atom is -0.369 e. The number of hydrogen-bond donors (Lipinski definition) is 0. The summed E-state index contributed by atoms with van der Waals surface area (Å²) in [4.78, 5) is 7.68. The van der Waals surface area contributed by atoms with E-state index in [-0.39, 0.29) is 0 Å². The molecule has 3 rings (SSSR count). The molecule has 1 aromatic carbocycles. The van der Waals surface area contributed by atoms with E-state index in [9.17, 15) is 0 Å². The third-order valence-electron chi connectivity index (χ3n) is 5.30. The van der Waals surface area contributed by atoms with Gasteiger partial charge in [0.15, 0.2) is 0 Å². The Kier molecular flexibility index (Phi) is 5.20. The maximum absolute atomic E-state index is 8.89. The van der Waals surface area contributed by atoms with E-state index in [0.29, 0.717) is 6.04 Å². The van der Waals surface area contributed by atoms with Crippen LogP contribution in [0, 0.1) is 17.2 Å². The summed E-state index contributed by atoms with van der Waals surface area (Å²) < 4.78 is 0. The zero-order valence-electron chi connectivity index (χ0n) is 14.4. The van der Waals surface area contributed by atoms with Gasteiger partial charge >= 0.3 is 0 Å². The van der Waals surface area contributed by atoms with Crippen molar-refractivity contribution in [1.29, 1.82) is 5.26 Å². The number of nitriles is 1. The van der Waals surface area contributed by atoms with Crippen LogP contribution in [0.15, 0.2) is 24.3 Å². The molecule has 0 spiro atoms. The van der Waals surface area contributed by atoms with Gasteiger partial charge in [-0.25, -0.2) is 0 Å². The molecule has 2 fully saturated rings. The molecule has 1 atom stereocenters. The zero-order valence-corrected chi connectivity index (χ0v) is 14.4. The summed E-state index contributed by atoms with van der Waals surface area (Å²) in [6, 6.07) is 10.9. The molecule has 23 heavy (non-hydrogen) atoms. The Morgan fingerprint density at radius 3 is 2.35 bits per heavy atom. The fourth-order valence-electron chi connectivity index (χ4n) is 3.78. The van der Waals surface area contributed by atoms with E-state index in [1.165, 1.54) is 31.7 Å². The van der Waals surface area contributed by atoms with Crippen molar-refractivity contribution in [2.45, 2.75) is 26.3 Å². The minimum atomic E-state index is 0.688. The molecule has 2 heterocycles. The van der Waals surface area contributed by atoms with Crippen LogP contribution >= 0.6 is 0 Å². The number of rotatable bonds is 4. The van der Waals surface area contributed by atoms with E-state index < -0.39 is 0 Å². The molecular formula is C19H28N4. The Morgan fingerprint density at radius 2 is 1.78 bits per heavy atom. The van der Waals surface area contributed by atoms with Crippen LogP contribution in [-0.2, 0) is 0 Å². The maximum atomic E-state index is 8.89. The van der Waals surface area contributed by atoms with Crippen molar-refractivity contribution in [2.75, 3.05) is 50.7 Å². The Balaban J connectivity index is 1.46. The molecule has 0 bridgehead atoms. The number of benzene rings is 1. The van der Waals surface area contributed by atoms with E-state index in [2.05, 4.69) is 46.7 Å². The summed E-state index contributed by atoms with van der Waals surface area (Å²) in [5, 5.41) is 8.89. The van der Waals surface area contributed by atoms with Crippen molar-refractivity contribution in [1.82, 2.24) is 9.80 Å². The molecule has 2 aliphatic rings. The number of hydrogen-bond acceptors (Lipinski definition) is 4. The minimum absolute atomic E-state index is 0.688. The highest BCUT2D eigenvalue weighted by molar-refractivity contribution is 5.50. The summed E-state index contributed by atoms with van der Waals surface area (Å²) >= 11 is 0. The SMILES string of the molecule is CC(C)N1CC[C@@H](CN2CCN(c3ccc(C#N)cc3)CC2)C1. The van der Waals surface area contributed by atoms with Gasteiger partial charge in [-0.15, -0.1) is 0 Å². The predicted molar refractivity (Wildman–Crippen MR) is 94.6 cm³/mol. The lowest BCUT2D eigenvalue weighted by Crippen LogP contribution is -2.48. The van der Waals surface area contributed by atoms with Gasteiger partial charge in [0.25, 0.3) is 0 Å². The van der Waals surface area contributed by atoms with Crippen molar-refractivity contribution < 1.29 is 0 Å². The normalized spacial score (nSPS) is 23.4. The third kappa shape index (κ3) is 4.04. The van der Waals surface area contributed by atoms with Gasteiger partial charge in [-0.2, -0.15) is 5.26 Å². The van der Waals surface area contributed by atoms with Crippen molar-refractivity contribution in [3.8, 4) is 6.07 Å². The second-order valence-electron chi connectivity index (χ2n) is 7.19. The van der Waals surface area contributed by atoms with Crippen LogP contribution in [0.4, 0.5) is 5.69 Å². The van der Waals surface area contributed by atoms with Crippen LogP contribution in [-0.4, -0.2) is 61.7 Å². The topological polar surface area (TPSA) is 33.5 Å². The molecule has 1 aromatic rings. The Hall–Kier alpha value is -1.57. The summed E-state index contributed by atoms with van der Waals surface area (Å²) in [5.41, 5.74) is 1.99. The van der Waals surface area contributed by atoms with E-state index in [1.807, 2.05) is 12.1 Å². The fourth-order valence-corrected chi connectivity index (χ4v) is 3.78. The number of nitrogens with zero attached hydrogens (tertiary/aromatic N) is 4. The van der Waals surface area contributed by atoms with Crippen LogP contribution in [0.5, 0.6) is 0 Å². The van der Waals surface area contributed by atoms with Crippen molar-refractivity contribution in [2.24, 2.45) is 5.92 Å². The monoisotopic (exact) mass is 312 g/mol. The predicted octanol–water partition coefficient (Wildman–Crippen LogP) is 2.41. The Bertz CT molecular complexity index is 537. The van der Waals surface area contributed by atoms with Crippen LogP contribution in [0.2, 0.25) is 0 Å². The van der Waals surface area contributed by atoms with Crippen LogP contribution in [0.3, 0.4) is 0 Å². The molecule has 0 N–H and O–H groups in total. The Morgan fingerprint density at radius 1 is 1.09 bits per heavy atom. The van der Waals surface area contributed by atoms with Gasteiger partial charge in [0, 0.05) is 51.0 Å². The Labute approximate surface area is 140 Å². The van der Waals surface area contributed by atoms with Crippen LogP contribution < -0.4 is 4.90 Å². The van der Waals surface area contributed by atoms with Gasteiger partial charge in [0.2, 0.25) is 0 Å². The average Bonchev–Trinajstić information content (AvgIpc) is 3.04. The van der Waals surface area contributed by atoms with E-state index in [1.54, 1.807) is 0 Å².